The van der Waals surface area contributed by atoms with Crippen molar-refractivity contribution < 1.29 is 14.7 Å². The van der Waals surface area contributed by atoms with Gasteiger partial charge in [0, 0.05) is 27.8 Å². The minimum Gasteiger partial charge on any atom is -0.507 e. The zero-order valence-electron chi connectivity index (χ0n) is 19.3. The fourth-order valence-electron chi connectivity index (χ4n) is 4.36. The number of hydrogen-bond donors (Lipinski definition) is 1. The first-order chi connectivity index (χ1) is 14.8. The number of ketones is 2. The van der Waals surface area contributed by atoms with Gasteiger partial charge in [-0.3, -0.25) is 9.59 Å². The monoisotopic (exact) mass is 446 g/mol. The molecule has 0 aromatic heterocycles. The average Bonchev–Trinajstić information content (AvgIpc) is 2.70. The summed E-state index contributed by atoms with van der Waals surface area (Å²) >= 11 is 6.45. The first-order valence-corrected chi connectivity index (χ1v) is 11.1. The Bertz CT molecular complexity index is 1250. The highest BCUT2D eigenvalue weighted by Crippen LogP contribution is 2.44. The largest absolute Gasteiger partial charge is 0.507 e. The summed E-state index contributed by atoms with van der Waals surface area (Å²) in [6.45, 7) is 12.3. The number of carbonyl (C=O) groups excluding carboxylic acids is 2. The van der Waals surface area contributed by atoms with Crippen molar-refractivity contribution in [2.24, 2.45) is 0 Å². The lowest BCUT2D eigenvalue weighted by Gasteiger charge is -2.29. The summed E-state index contributed by atoms with van der Waals surface area (Å²) in [5.41, 5.74) is 3.71. The van der Waals surface area contributed by atoms with Gasteiger partial charge in [-0.25, -0.2) is 0 Å². The summed E-state index contributed by atoms with van der Waals surface area (Å²) in [6, 6.07) is 14.2. The van der Waals surface area contributed by atoms with Gasteiger partial charge in [-0.1, -0.05) is 83.5 Å². The van der Waals surface area contributed by atoms with Crippen LogP contribution < -0.4 is 0 Å². The minimum atomic E-state index is -0.320. The number of aromatic hydroxyl groups is 1. The molecular weight excluding hydrogens is 420 g/mol. The second kappa shape index (κ2) is 7.31. The lowest BCUT2D eigenvalue weighted by atomic mass is 9.76. The molecule has 0 radical (unpaired) electrons. The highest BCUT2D eigenvalue weighted by atomic mass is 35.5. The lowest BCUT2D eigenvalue weighted by molar-refractivity contribution is 0.0979. The van der Waals surface area contributed by atoms with E-state index in [1.807, 2.05) is 53.7 Å². The normalized spacial score (nSPS) is 13.7. The molecule has 1 aliphatic carbocycles. The first-order valence-electron chi connectivity index (χ1n) is 10.7. The van der Waals surface area contributed by atoms with Gasteiger partial charge in [-0.2, -0.15) is 0 Å². The van der Waals surface area contributed by atoms with E-state index in [0.29, 0.717) is 22.3 Å². The van der Waals surface area contributed by atoms with Crippen LogP contribution in [0.25, 0.3) is 11.1 Å². The molecule has 0 saturated heterocycles. The second-order valence-corrected chi connectivity index (χ2v) is 10.9. The lowest BCUT2D eigenvalue weighted by Crippen LogP contribution is -2.22. The molecule has 32 heavy (non-hydrogen) atoms. The van der Waals surface area contributed by atoms with Crippen LogP contribution in [0.4, 0.5) is 0 Å². The van der Waals surface area contributed by atoms with Crippen LogP contribution in [0.1, 0.15) is 84.5 Å². The van der Waals surface area contributed by atoms with Crippen molar-refractivity contribution in [2.45, 2.75) is 52.4 Å². The Balaban J connectivity index is 2.07. The number of phenols is 1. The van der Waals surface area contributed by atoms with Gasteiger partial charge < -0.3 is 5.11 Å². The summed E-state index contributed by atoms with van der Waals surface area (Å²) in [7, 11) is 0. The molecule has 4 rings (SSSR count). The van der Waals surface area contributed by atoms with Crippen LogP contribution in [0.5, 0.6) is 5.75 Å². The molecule has 0 bridgehead atoms. The van der Waals surface area contributed by atoms with E-state index in [0.717, 1.165) is 16.7 Å². The summed E-state index contributed by atoms with van der Waals surface area (Å²) in [5.74, 6) is -0.187. The smallest absolute Gasteiger partial charge is 0.196 e. The SMILES string of the molecule is CC(C)(C)c1cc(-c2ccc(Cl)c3c2C(=O)c2ccccc2C3=O)cc(C(C)(C)C)c1O. The van der Waals surface area contributed by atoms with E-state index < -0.39 is 0 Å². The molecular formula is C28H27ClO3. The molecule has 3 aromatic carbocycles. The molecule has 1 aliphatic rings. The standard InChI is InChI=1S/C28H27ClO3/c1-27(2,3)19-13-15(14-20(26(19)32)28(4,5)6)16-11-12-21(29)23-22(16)24(30)17-9-7-8-10-18(17)25(23)31/h7-14,32H,1-6H3. The zero-order chi connectivity index (χ0) is 23.6. The fraction of sp³-hybridized carbons (Fsp3) is 0.286. The molecule has 0 unspecified atom stereocenters. The third-order valence-corrected chi connectivity index (χ3v) is 6.38. The number of carbonyl (C=O) groups is 2. The molecule has 164 valence electrons. The first kappa shape index (κ1) is 22.3. The predicted molar refractivity (Wildman–Crippen MR) is 129 cm³/mol. The summed E-state index contributed by atoms with van der Waals surface area (Å²) in [5, 5.41) is 11.4. The number of benzene rings is 3. The Labute approximate surface area is 194 Å². The number of halogens is 1. The minimum absolute atomic E-state index is 0.213. The van der Waals surface area contributed by atoms with Gasteiger partial charge in [-0.05, 0) is 40.2 Å². The Morgan fingerprint density at radius 3 is 1.62 bits per heavy atom. The van der Waals surface area contributed by atoms with Crippen LogP contribution in [-0.4, -0.2) is 16.7 Å². The molecule has 3 nitrogen and oxygen atoms in total. The van der Waals surface area contributed by atoms with Gasteiger partial charge in [0.05, 0.1) is 10.6 Å². The predicted octanol–water partition coefficient (Wildman–Crippen LogP) is 7.08. The number of hydrogen-bond acceptors (Lipinski definition) is 3. The van der Waals surface area contributed by atoms with E-state index in [1.54, 1.807) is 36.4 Å². The third-order valence-electron chi connectivity index (χ3n) is 6.06. The van der Waals surface area contributed by atoms with Crippen molar-refractivity contribution in [2.75, 3.05) is 0 Å². The Hall–Kier alpha value is -2.91. The molecule has 4 heteroatoms. The zero-order valence-corrected chi connectivity index (χ0v) is 20.0. The average molecular weight is 447 g/mol. The highest BCUT2D eigenvalue weighted by molar-refractivity contribution is 6.40. The van der Waals surface area contributed by atoms with E-state index >= 15 is 0 Å². The molecule has 0 heterocycles. The van der Waals surface area contributed by atoms with E-state index in [9.17, 15) is 14.7 Å². The van der Waals surface area contributed by atoms with Crippen LogP contribution >= 0.6 is 11.6 Å². The maximum Gasteiger partial charge on any atom is 0.196 e. The van der Waals surface area contributed by atoms with Crippen molar-refractivity contribution in [1.82, 2.24) is 0 Å². The number of phenolic OH excluding ortho intramolecular Hbond substituents is 1. The van der Waals surface area contributed by atoms with Gasteiger partial charge in [0.2, 0.25) is 0 Å². The molecule has 0 saturated carbocycles. The molecule has 1 N–H and O–H groups in total. The van der Waals surface area contributed by atoms with E-state index in [-0.39, 0.29) is 38.7 Å². The maximum absolute atomic E-state index is 13.6. The van der Waals surface area contributed by atoms with Gasteiger partial charge in [0.25, 0.3) is 0 Å². The van der Waals surface area contributed by atoms with Crippen LogP contribution in [0.2, 0.25) is 5.02 Å². The van der Waals surface area contributed by atoms with Gasteiger partial charge in [-0.15, -0.1) is 0 Å². The van der Waals surface area contributed by atoms with Crippen molar-refractivity contribution >= 4 is 23.2 Å². The van der Waals surface area contributed by atoms with E-state index in [4.69, 9.17) is 11.6 Å². The van der Waals surface area contributed by atoms with Crippen LogP contribution in [0.15, 0.2) is 48.5 Å². The molecule has 0 spiro atoms. The molecule has 0 atom stereocenters. The van der Waals surface area contributed by atoms with Crippen LogP contribution in [0, 0.1) is 0 Å². The van der Waals surface area contributed by atoms with Crippen LogP contribution in [-0.2, 0) is 10.8 Å². The van der Waals surface area contributed by atoms with E-state index in [1.165, 1.54) is 0 Å². The fourth-order valence-corrected chi connectivity index (χ4v) is 4.60. The van der Waals surface area contributed by atoms with Gasteiger partial charge >= 0.3 is 0 Å². The number of fused-ring (bicyclic) bond motifs is 2. The topological polar surface area (TPSA) is 54.4 Å². The van der Waals surface area contributed by atoms with Gasteiger partial charge in [0.1, 0.15) is 5.75 Å². The third kappa shape index (κ3) is 3.45. The van der Waals surface area contributed by atoms with Crippen LogP contribution in [0.3, 0.4) is 0 Å². The number of rotatable bonds is 1. The Morgan fingerprint density at radius 2 is 1.16 bits per heavy atom. The maximum atomic E-state index is 13.6. The molecule has 3 aromatic rings. The quantitative estimate of drug-likeness (QED) is 0.339. The van der Waals surface area contributed by atoms with Crippen molar-refractivity contribution in [1.29, 1.82) is 0 Å². The molecule has 0 amide bonds. The van der Waals surface area contributed by atoms with Crippen molar-refractivity contribution in [3.05, 3.63) is 86.9 Å². The van der Waals surface area contributed by atoms with Gasteiger partial charge in [0.15, 0.2) is 11.6 Å². The van der Waals surface area contributed by atoms with E-state index in [2.05, 4.69) is 0 Å². The second-order valence-electron chi connectivity index (χ2n) is 10.5. The summed E-state index contributed by atoms with van der Waals surface area (Å²) in [6.07, 6.45) is 0. The molecule has 0 fully saturated rings. The van der Waals surface area contributed by atoms with Crippen molar-refractivity contribution in [3.63, 3.8) is 0 Å². The highest BCUT2D eigenvalue weighted by Gasteiger charge is 2.34. The summed E-state index contributed by atoms with van der Waals surface area (Å²) in [4.78, 5) is 26.9. The summed E-state index contributed by atoms with van der Waals surface area (Å²) < 4.78 is 0. The van der Waals surface area contributed by atoms with Crippen molar-refractivity contribution in [3.8, 4) is 16.9 Å². The molecule has 0 aliphatic heterocycles. The Kier molecular flexibility index (Phi) is 5.09. The Morgan fingerprint density at radius 1 is 0.688 bits per heavy atom.